The summed E-state index contributed by atoms with van der Waals surface area (Å²) in [5.74, 6) is -0.797. The molecule has 0 bridgehead atoms. The summed E-state index contributed by atoms with van der Waals surface area (Å²) < 4.78 is 5.53. The van der Waals surface area contributed by atoms with Crippen molar-refractivity contribution in [2.75, 3.05) is 0 Å². The number of benzene rings is 3. The van der Waals surface area contributed by atoms with Gasteiger partial charge in [-0.05, 0) is 49.4 Å². The van der Waals surface area contributed by atoms with E-state index in [2.05, 4.69) is 9.97 Å². The number of ether oxygens (including phenoxy) is 1. The van der Waals surface area contributed by atoms with Gasteiger partial charge in [0.2, 0.25) is 0 Å². The molecule has 1 heterocycles. The Morgan fingerprint density at radius 3 is 2.32 bits per heavy atom. The summed E-state index contributed by atoms with van der Waals surface area (Å²) in [7, 11) is 0. The van der Waals surface area contributed by atoms with Crippen molar-refractivity contribution in [3.63, 3.8) is 0 Å². The Bertz CT molecular complexity index is 1350. The van der Waals surface area contributed by atoms with Crippen LogP contribution in [0.2, 0.25) is 5.02 Å². The minimum absolute atomic E-state index is 0.123. The molecule has 0 amide bonds. The highest BCUT2D eigenvalue weighted by atomic mass is 35.5. The first kappa shape index (κ1) is 20.5. The molecular weight excluding hydrogens is 416 g/mol. The van der Waals surface area contributed by atoms with Crippen molar-refractivity contribution in [2.45, 2.75) is 13.0 Å². The van der Waals surface area contributed by atoms with E-state index in [0.29, 0.717) is 21.5 Å². The van der Waals surface area contributed by atoms with E-state index in [0.717, 1.165) is 0 Å². The van der Waals surface area contributed by atoms with Gasteiger partial charge in [0, 0.05) is 16.1 Å². The zero-order chi connectivity index (χ0) is 22.0. The first-order valence-corrected chi connectivity index (χ1v) is 9.91. The van der Waals surface area contributed by atoms with Crippen molar-refractivity contribution in [1.29, 1.82) is 0 Å². The molecule has 1 aromatic heterocycles. The molecule has 0 radical (unpaired) electrons. The number of hydrogen-bond donors (Lipinski definition) is 1. The molecule has 0 aliphatic carbocycles. The van der Waals surface area contributed by atoms with Gasteiger partial charge in [-0.1, -0.05) is 41.9 Å². The predicted molar refractivity (Wildman–Crippen MR) is 118 cm³/mol. The molecule has 1 atom stereocenters. The normalized spacial score (nSPS) is 11.8. The van der Waals surface area contributed by atoms with Gasteiger partial charge in [0.25, 0.3) is 5.56 Å². The lowest BCUT2D eigenvalue weighted by Crippen LogP contribution is -2.19. The molecule has 31 heavy (non-hydrogen) atoms. The zero-order valence-corrected chi connectivity index (χ0v) is 17.2. The summed E-state index contributed by atoms with van der Waals surface area (Å²) in [5, 5.41) is 0.957. The molecule has 4 aromatic rings. The molecule has 6 nitrogen and oxygen atoms in total. The number of aromatic amines is 1. The molecule has 1 N–H and O–H groups in total. The van der Waals surface area contributed by atoms with Crippen LogP contribution in [0.5, 0.6) is 0 Å². The number of para-hydroxylation sites is 1. The van der Waals surface area contributed by atoms with Crippen LogP contribution in [-0.4, -0.2) is 21.7 Å². The Kier molecular flexibility index (Phi) is 5.64. The Hall–Kier alpha value is -3.77. The molecule has 0 aliphatic heterocycles. The highest BCUT2D eigenvalue weighted by Gasteiger charge is 2.22. The number of ketones is 1. The molecule has 1 unspecified atom stereocenters. The van der Waals surface area contributed by atoms with E-state index in [1.807, 2.05) is 0 Å². The van der Waals surface area contributed by atoms with Crippen LogP contribution in [0, 0.1) is 0 Å². The fourth-order valence-electron chi connectivity index (χ4n) is 3.19. The fraction of sp³-hybridized carbons (Fsp3) is 0.0833. The molecule has 0 fully saturated rings. The van der Waals surface area contributed by atoms with Gasteiger partial charge < -0.3 is 9.72 Å². The average molecular weight is 433 g/mol. The van der Waals surface area contributed by atoms with Crippen LogP contribution in [0.4, 0.5) is 0 Å². The SMILES string of the molecule is CC(OC(=O)c1ccccc1C(=O)c1ccc(Cl)cc1)c1nc2ccccc2c(=O)[nH]1. The van der Waals surface area contributed by atoms with E-state index in [4.69, 9.17) is 16.3 Å². The lowest BCUT2D eigenvalue weighted by molar-refractivity contribution is 0.0318. The lowest BCUT2D eigenvalue weighted by Gasteiger charge is -2.14. The Balaban J connectivity index is 1.61. The number of fused-ring (bicyclic) bond motifs is 1. The van der Waals surface area contributed by atoms with Crippen molar-refractivity contribution >= 4 is 34.3 Å². The third-order valence-corrected chi connectivity index (χ3v) is 5.05. The maximum absolute atomic E-state index is 12.9. The fourth-order valence-corrected chi connectivity index (χ4v) is 3.32. The largest absolute Gasteiger partial charge is 0.451 e. The lowest BCUT2D eigenvalue weighted by atomic mass is 9.98. The highest BCUT2D eigenvalue weighted by Crippen LogP contribution is 2.21. The van der Waals surface area contributed by atoms with Gasteiger partial charge in [0.1, 0.15) is 0 Å². The maximum atomic E-state index is 12.9. The number of aromatic nitrogens is 2. The quantitative estimate of drug-likeness (QED) is 0.364. The third kappa shape index (κ3) is 4.25. The van der Waals surface area contributed by atoms with Gasteiger partial charge >= 0.3 is 5.97 Å². The molecule has 0 spiro atoms. The van der Waals surface area contributed by atoms with Gasteiger partial charge in [0.15, 0.2) is 17.7 Å². The molecule has 154 valence electrons. The topological polar surface area (TPSA) is 89.1 Å². The number of esters is 1. The smallest absolute Gasteiger partial charge is 0.339 e. The Labute approximate surface area is 182 Å². The van der Waals surface area contributed by atoms with Gasteiger partial charge in [-0.25, -0.2) is 9.78 Å². The summed E-state index contributed by atoms with van der Waals surface area (Å²) in [6, 6.07) is 19.7. The number of carbonyl (C=O) groups excluding carboxylic acids is 2. The number of hydrogen-bond acceptors (Lipinski definition) is 5. The van der Waals surface area contributed by atoms with Gasteiger partial charge in [-0.15, -0.1) is 0 Å². The van der Waals surface area contributed by atoms with Crippen LogP contribution in [-0.2, 0) is 4.74 Å². The van der Waals surface area contributed by atoms with Crippen molar-refractivity contribution in [3.8, 4) is 0 Å². The standard InChI is InChI=1S/C24H17ClN2O4/c1-14(22-26-20-9-5-4-8-19(20)23(29)27-22)31-24(30)18-7-3-2-6-17(18)21(28)15-10-12-16(25)13-11-15/h2-14H,1H3,(H,26,27,29). The first-order chi connectivity index (χ1) is 14.9. The molecule has 0 saturated heterocycles. The second kappa shape index (κ2) is 8.53. The maximum Gasteiger partial charge on any atom is 0.339 e. The van der Waals surface area contributed by atoms with Gasteiger partial charge in [-0.3, -0.25) is 9.59 Å². The summed E-state index contributed by atoms with van der Waals surface area (Å²) in [4.78, 5) is 45.1. The van der Waals surface area contributed by atoms with Crippen LogP contribution in [0.3, 0.4) is 0 Å². The van der Waals surface area contributed by atoms with Crippen LogP contribution >= 0.6 is 11.6 Å². The van der Waals surface area contributed by atoms with Crippen LogP contribution < -0.4 is 5.56 Å². The predicted octanol–water partition coefficient (Wildman–Crippen LogP) is 4.73. The van der Waals surface area contributed by atoms with Crippen molar-refractivity contribution < 1.29 is 14.3 Å². The number of H-pyrrole nitrogens is 1. The molecule has 0 saturated carbocycles. The van der Waals surface area contributed by atoms with E-state index in [-0.39, 0.29) is 28.3 Å². The highest BCUT2D eigenvalue weighted by molar-refractivity contribution is 6.30. The van der Waals surface area contributed by atoms with Crippen LogP contribution in [0.1, 0.15) is 45.1 Å². The molecule has 4 rings (SSSR count). The minimum Gasteiger partial charge on any atom is -0.451 e. The summed E-state index contributed by atoms with van der Waals surface area (Å²) >= 11 is 5.89. The van der Waals surface area contributed by atoms with Crippen molar-refractivity contribution in [2.24, 2.45) is 0 Å². The summed E-state index contributed by atoms with van der Waals surface area (Å²) in [6.07, 6.45) is -0.830. The van der Waals surface area contributed by atoms with Gasteiger partial charge in [-0.2, -0.15) is 0 Å². The second-order valence-electron chi connectivity index (χ2n) is 6.90. The number of carbonyl (C=O) groups is 2. The van der Waals surface area contributed by atoms with Gasteiger partial charge in [0.05, 0.1) is 16.5 Å². The van der Waals surface area contributed by atoms with Crippen LogP contribution in [0.15, 0.2) is 77.6 Å². The average Bonchev–Trinajstić information content (AvgIpc) is 2.79. The van der Waals surface area contributed by atoms with E-state index < -0.39 is 12.1 Å². The van der Waals surface area contributed by atoms with E-state index >= 15 is 0 Å². The summed E-state index contributed by atoms with van der Waals surface area (Å²) in [6.45, 7) is 1.61. The molecule has 7 heteroatoms. The van der Waals surface area contributed by atoms with Crippen LogP contribution in [0.25, 0.3) is 10.9 Å². The first-order valence-electron chi connectivity index (χ1n) is 9.53. The third-order valence-electron chi connectivity index (χ3n) is 4.80. The molecule has 0 aliphatic rings. The van der Waals surface area contributed by atoms with Crippen molar-refractivity contribution in [1.82, 2.24) is 9.97 Å². The number of nitrogens with one attached hydrogen (secondary N) is 1. The molecular formula is C24H17ClN2O4. The number of nitrogens with zero attached hydrogens (tertiary/aromatic N) is 1. The zero-order valence-electron chi connectivity index (χ0n) is 16.5. The Morgan fingerprint density at radius 2 is 1.58 bits per heavy atom. The number of halogens is 1. The number of rotatable bonds is 5. The Morgan fingerprint density at radius 1 is 0.935 bits per heavy atom. The molecule has 3 aromatic carbocycles. The van der Waals surface area contributed by atoms with E-state index in [1.54, 1.807) is 73.7 Å². The minimum atomic E-state index is -0.830. The van der Waals surface area contributed by atoms with E-state index in [9.17, 15) is 14.4 Å². The van der Waals surface area contributed by atoms with Crippen molar-refractivity contribution in [3.05, 3.63) is 111 Å². The summed E-state index contributed by atoms with van der Waals surface area (Å²) in [5.41, 5.74) is 0.918. The monoisotopic (exact) mass is 432 g/mol. The second-order valence-corrected chi connectivity index (χ2v) is 7.33. The van der Waals surface area contributed by atoms with E-state index in [1.165, 1.54) is 6.07 Å².